The monoisotopic (exact) mass is 455 g/mol. The van der Waals surface area contributed by atoms with E-state index in [0.29, 0.717) is 41.6 Å². The second-order valence-corrected chi connectivity index (χ2v) is 7.82. The number of anilines is 2. The van der Waals surface area contributed by atoms with Crippen LogP contribution in [0.4, 0.5) is 11.4 Å². The Balaban J connectivity index is 1.95. The molecule has 3 amide bonds. The minimum Gasteiger partial charge on any atom is -0.382 e. The molecule has 0 atom stereocenters. The van der Waals surface area contributed by atoms with Crippen molar-refractivity contribution in [2.75, 3.05) is 30.4 Å². The van der Waals surface area contributed by atoms with Crippen LogP contribution in [-0.4, -0.2) is 42.4 Å². The van der Waals surface area contributed by atoms with Crippen molar-refractivity contribution in [3.05, 3.63) is 64.3 Å². The molecule has 0 saturated carbocycles. The highest BCUT2D eigenvalue weighted by molar-refractivity contribution is 6.36. The Labute approximate surface area is 192 Å². The standard InChI is InChI=1S/C24H26ClN3O4/c1-4-32-13-5-12-28-23(30)21(17-7-10-18(11-8-17)26-16(3)29)22(24(28)31)27-19-9-6-15(2)20(25)14-19/h6-11,14,27H,4-5,12-13H2,1-3H3,(H,26,29). The van der Waals surface area contributed by atoms with Gasteiger partial charge in [-0.25, -0.2) is 0 Å². The van der Waals surface area contributed by atoms with Crippen LogP contribution < -0.4 is 10.6 Å². The molecule has 0 aromatic heterocycles. The molecule has 0 unspecified atom stereocenters. The summed E-state index contributed by atoms with van der Waals surface area (Å²) in [5, 5.41) is 6.35. The van der Waals surface area contributed by atoms with E-state index in [2.05, 4.69) is 10.6 Å². The highest BCUT2D eigenvalue weighted by Gasteiger charge is 2.38. The Morgan fingerprint density at radius 1 is 1.06 bits per heavy atom. The number of benzene rings is 2. The minimum atomic E-state index is -0.399. The van der Waals surface area contributed by atoms with Crippen molar-refractivity contribution in [1.82, 2.24) is 4.90 Å². The zero-order valence-electron chi connectivity index (χ0n) is 18.3. The quantitative estimate of drug-likeness (QED) is 0.436. The maximum atomic E-state index is 13.2. The smallest absolute Gasteiger partial charge is 0.278 e. The molecule has 1 heterocycles. The van der Waals surface area contributed by atoms with E-state index < -0.39 is 5.91 Å². The number of rotatable bonds is 9. The first kappa shape index (κ1) is 23.5. The molecular formula is C24H26ClN3O4. The van der Waals surface area contributed by atoms with Gasteiger partial charge >= 0.3 is 0 Å². The molecule has 168 valence electrons. The van der Waals surface area contributed by atoms with E-state index >= 15 is 0 Å². The first-order chi connectivity index (χ1) is 15.3. The van der Waals surface area contributed by atoms with Gasteiger partial charge in [0.2, 0.25) is 5.91 Å². The second kappa shape index (κ2) is 10.4. The summed E-state index contributed by atoms with van der Waals surface area (Å²) in [5.41, 5.74) is 3.17. The maximum Gasteiger partial charge on any atom is 0.278 e. The molecule has 0 fully saturated rings. The summed E-state index contributed by atoms with van der Waals surface area (Å²) in [4.78, 5) is 38.9. The maximum absolute atomic E-state index is 13.2. The van der Waals surface area contributed by atoms with Crippen LogP contribution in [0.3, 0.4) is 0 Å². The van der Waals surface area contributed by atoms with Gasteiger partial charge in [-0.15, -0.1) is 0 Å². The van der Waals surface area contributed by atoms with Crippen molar-refractivity contribution in [3.8, 4) is 0 Å². The molecule has 2 N–H and O–H groups in total. The van der Waals surface area contributed by atoms with Gasteiger partial charge in [-0.2, -0.15) is 0 Å². The number of carbonyl (C=O) groups is 3. The number of nitrogens with one attached hydrogen (secondary N) is 2. The van der Waals surface area contributed by atoms with Crippen LogP contribution in [0, 0.1) is 6.92 Å². The van der Waals surface area contributed by atoms with E-state index in [0.717, 1.165) is 5.56 Å². The third kappa shape index (κ3) is 5.36. The van der Waals surface area contributed by atoms with Crippen molar-refractivity contribution in [3.63, 3.8) is 0 Å². The Kier molecular flexibility index (Phi) is 7.66. The number of ether oxygens (including phenoxy) is 1. The van der Waals surface area contributed by atoms with Crippen LogP contribution >= 0.6 is 11.6 Å². The molecule has 0 aliphatic carbocycles. The zero-order chi connectivity index (χ0) is 23.3. The predicted octanol–water partition coefficient (Wildman–Crippen LogP) is 4.23. The molecule has 8 heteroatoms. The average molecular weight is 456 g/mol. The number of carbonyl (C=O) groups excluding carboxylic acids is 3. The van der Waals surface area contributed by atoms with E-state index in [1.165, 1.54) is 11.8 Å². The molecule has 32 heavy (non-hydrogen) atoms. The first-order valence-electron chi connectivity index (χ1n) is 10.4. The van der Waals surface area contributed by atoms with E-state index in [1.807, 2.05) is 19.9 Å². The van der Waals surface area contributed by atoms with Gasteiger partial charge in [0.1, 0.15) is 5.70 Å². The number of amides is 3. The van der Waals surface area contributed by atoms with Gasteiger partial charge < -0.3 is 15.4 Å². The third-order valence-corrected chi connectivity index (χ3v) is 5.38. The van der Waals surface area contributed by atoms with Crippen LogP contribution in [0.5, 0.6) is 0 Å². The van der Waals surface area contributed by atoms with E-state index in [1.54, 1.807) is 36.4 Å². The van der Waals surface area contributed by atoms with E-state index in [9.17, 15) is 14.4 Å². The van der Waals surface area contributed by atoms with Crippen LogP contribution in [0.25, 0.3) is 5.57 Å². The van der Waals surface area contributed by atoms with Crippen molar-refractivity contribution in [1.29, 1.82) is 0 Å². The lowest BCUT2D eigenvalue weighted by molar-refractivity contribution is -0.137. The molecular weight excluding hydrogens is 430 g/mol. The molecule has 0 radical (unpaired) electrons. The van der Waals surface area contributed by atoms with Crippen molar-refractivity contribution in [2.45, 2.75) is 27.2 Å². The lowest BCUT2D eigenvalue weighted by Gasteiger charge is -2.15. The summed E-state index contributed by atoms with van der Waals surface area (Å²) >= 11 is 6.24. The highest BCUT2D eigenvalue weighted by atomic mass is 35.5. The fraction of sp³-hybridized carbons (Fsp3) is 0.292. The van der Waals surface area contributed by atoms with Crippen LogP contribution in [0.15, 0.2) is 48.2 Å². The zero-order valence-corrected chi connectivity index (χ0v) is 19.1. The molecule has 1 aliphatic heterocycles. The summed E-state index contributed by atoms with van der Waals surface area (Å²) in [7, 11) is 0. The first-order valence-corrected chi connectivity index (χ1v) is 10.8. The summed E-state index contributed by atoms with van der Waals surface area (Å²) in [6.45, 7) is 6.50. The van der Waals surface area contributed by atoms with E-state index in [-0.39, 0.29) is 29.6 Å². The summed E-state index contributed by atoms with van der Waals surface area (Å²) in [5.74, 6) is -0.966. The van der Waals surface area contributed by atoms with Crippen LogP contribution in [0.1, 0.15) is 31.4 Å². The number of hydrogen-bond acceptors (Lipinski definition) is 5. The number of imide groups is 1. The van der Waals surface area contributed by atoms with Gasteiger partial charge in [0.05, 0.1) is 5.57 Å². The van der Waals surface area contributed by atoms with Crippen molar-refractivity contribution >= 4 is 46.3 Å². The molecule has 3 rings (SSSR count). The van der Waals surface area contributed by atoms with Gasteiger partial charge in [-0.1, -0.05) is 29.8 Å². The Morgan fingerprint density at radius 3 is 2.38 bits per heavy atom. The molecule has 2 aromatic carbocycles. The molecule has 7 nitrogen and oxygen atoms in total. The molecule has 0 bridgehead atoms. The molecule has 2 aromatic rings. The Bertz CT molecular complexity index is 1060. The predicted molar refractivity (Wildman–Crippen MR) is 125 cm³/mol. The number of nitrogens with zero attached hydrogens (tertiary/aromatic N) is 1. The number of hydrogen-bond donors (Lipinski definition) is 2. The molecule has 0 spiro atoms. The van der Waals surface area contributed by atoms with E-state index in [4.69, 9.17) is 16.3 Å². The number of halogens is 1. The van der Waals surface area contributed by atoms with Gasteiger partial charge in [-0.05, 0) is 55.7 Å². The lowest BCUT2D eigenvalue weighted by Crippen LogP contribution is -2.34. The highest BCUT2D eigenvalue weighted by Crippen LogP contribution is 2.32. The topological polar surface area (TPSA) is 87.7 Å². The van der Waals surface area contributed by atoms with Gasteiger partial charge in [0.25, 0.3) is 11.8 Å². The normalized spacial score (nSPS) is 13.7. The average Bonchev–Trinajstić information content (AvgIpc) is 2.98. The number of aryl methyl sites for hydroxylation is 1. The van der Waals surface area contributed by atoms with Gasteiger partial charge in [0, 0.05) is 43.1 Å². The summed E-state index contributed by atoms with van der Waals surface area (Å²) in [6, 6.07) is 12.2. The van der Waals surface area contributed by atoms with Gasteiger partial charge in [0.15, 0.2) is 0 Å². The third-order valence-electron chi connectivity index (χ3n) is 4.98. The van der Waals surface area contributed by atoms with Gasteiger partial charge in [-0.3, -0.25) is 19.3 Å². The fourth-order valence-corrected chi connectivity index (χ4v) is 3.55. The lowest BCUT2D eigenvalue weighted by atomic mass is 10.0. The summed E-state index contributed by atoms with van der Waals surface area (Å²) < 4.78 is 5.34. The summed E-state index contributed by atoms with van der Waals surface area (Å²) in [6.07, 6.45) is 0.545. The SMILES string of the molecule is CCOCCCN1C(=O)C(Nc2ccc(C)c(Cl)c2)=C(c2ccc(NC(C)=O)cc2)C1=O. The fourth-order valence-electron chi connectivity index (χ4n) is 3.37. The second-order valence-electron chi connectivity index (χ2n) is 7.41. The largest absolute Gasteiger partial charge is 0.382 e. The van der Waals surface area contributed by atoms with Crippen LogP contribution in [0.2, 0.25) is 5.02 Å². The van der Waals surface area contributed by atoms with Crippen LogP contribution in [-0.2, 0) is 19.1 Å². The van der Waals surface area contributed by atoms with Crippen molar-refractivity contribution in [2.24, 2.45) is 0 Å². The molecule has 0 saturated heterocycles. The van der Waals surface area contributed by atoms with Crippen molar-refractivity contribution < 1.29 is 19.1 Å². The Hall–Kier alpha value is -3.16. The minimum absolute atomic E-state index is 0.192. The molecule has 1 aliphatic rings. The Morgan fingerprint density at radius 2 is 1.75 bits per heavy atom.